The third-order valence-corrected chi connectivity index (χ3v) is 6.23. The van der Waals surface area contributed by atoms with E-state index in [1.54, 1.807) is 6.07 Å². The van der Waals surface area contributed by atoms with Crippen LogP contribution in [0.3, 0.4) is 0 Å². The number of nitrogens with two attached hydrogens (primary N) is 1. The number of amides is 2. The molecule has 7 heteroatoms. The molecule has 4 atom stereocenters. The first-order valence-corrected chi connectivity index (χ1v) is 9.38. The van der Waals surface area contributed by atoms with Crippen molar-refractivity contribution in [1.82, 2.24) is 0 Å². The van der Waals surface area contributed by atoms with E-state index < -0.39 is 23.7 Å². The standard InChI is InChI=1S/C18H22N2O4S/c1-2-3-11-8-12(15(19)21)17(25-11)20-16(22)13-9-4-6-10(7-5-9)14(13)18(23)24/h4,6,8-10,13-14H,2-3,5,7H2,1H3,(H2,19,21)(H,20,22)(H,23,24)/t9-,10-,13+,14-/m0/s1. The number of carboxylic acids is 1. The molecule has 0 unspecified atom stereocenters. The van der Waals surface area contributed by atoms with Gasteiger partial charge in [-0.15, -0.1) is 11.3 Å². The number of rotatable bonds is 6. The van der Waals surface area contributed by atoms with Gasteiger partial charge in [0.15, 0.2) is 0 Å². The smallest absolute Gasteiger partial charge is 0.307 e. The van der Waals surface area contributed by atoms with E-state index in [-0.39, 0.29) is 17.7 Å². The zero-order valence-electron chi connectivity index (χ0n) is 14.0. The van der Waals surface area contributed by atoms with E-state index in [0.29, 0.717) is 10.6 Å². The van der Waals surface area contributed by atoms with Crippen molar-refractivity contribution >= 4 is 34.1 Å². The number of carboxylic acid groups (broad SMARTS) is 1. The predicted octanol–water partition coefficient (Wildman–Crippen LogP) is 2.65. The van der Waals surface area contributed by atoms with Gasteiger partial charge in [0.2, 0.25) is 5.91 Å². The summed E-state index contributed by atoms with van der Waals surface area (Å²) in [5.41, 5.74) is 5.72. The van der Waals surface area contributed by atoms with Crippen LogP contribution in [0.15, 0.2) is 18.2 Å². The number of thiophene rings is 1. The summed E-state index contributed by atoms with van der Waals surface area (Å²) in [6.45, 7) is 2.03. The van der Waals surface area contributed by atoms with Crippen molar-refractivity contribution in [3.63, 3.8) is 0 Å². The Morgan fingerprint density at radius 2 is 1.88 bits per heavy atom. The van der Waals surface area contributed by atoms with Crippen LogP contribution in [0.1, 0.15) is 41.4 Å². The molecule has 1 aromatic heterocycles. The van der Waals surface area contributed by atoms with Crippen LogP contribution in [0.5, 0.6) is 0 Å². The summed E-state index contributed by atoms with van der Waals surface area (Å²) in [6, 6.07) is 1.72. The van der Waals surface area contributed by atoms with E-state index in [4.69, 9.17) is 5.73 Å². The van der Waals surface area contributed by atoms with E-state index in [1.165, 1.54) is 11.3 Å². The number of carbonyl (C=O) groups excluding carboxylic acids is 2. The molecule has 2 amide bonds. The minimum Gasteiger partial charge on any atom is -0.481 e. The van der Waals surface area contributed by atoms with Gasteiger partial charge in [0.25, 0.3) is 5.91 Å². The van der Waals surface area contributed by atoms with E-state index >= 15 is 0 Å². The molecule has 0 spiro atoms. The molecule has 4 rings (SSSR count). The Hall–Kier alpha value is -2.15. The third-order valence-electron chi connectivity index (χ3n) is 5.12. The highest BCUT2D eigenvalue weighted by molar-refractivity contribution is 7.16. The molecule has 25 heavy (non-hydrogen) atoms. The maximum absolute atomic E-state index is 12.9. The zero-order chi connectivity index (χ0) is 18.1. The number of carbonyl (C=O) groups is 3. The normalized spacial score (nSPS) is 27.2. The molecule has 1 fully saturated rings. The molecule has 0 aromatic carbocycles. The van der Waals surface area contributed by atoms with Crippen molar-refractivity contribution in [2.45, 2.75) is 32.6 Å². The number of aliphatic carboxylic acids is 1. The highest BCUT2D eigenvalue weighted by Gasteiger charge is 2.48. The molecule has 0 aliphatic heterocycles. The summed E-state index contributed by atoms with van der Waals surface area (Å²) in [7, 11) is 0. The first-order valence-electron chi connectivity index (χ1n) is 8.56. The molecule has 4 N–H and O–H groups in total. The van der Waals surface area contributed by atoms with Gasteiger partial charge in [-0.3, -0.25) is 14.4 Å². The summed E-state index contributed by atoms with van der Waals surface area (Å²) >= 11 is 1.34. The van der Waals surface area contributed by atoms with Crippen LogP contribution in [-0.4, -0.2) is 22.9 Å². The monoisotopic (exact) mass is 362 g/mol. The van der Waals surface area contributed by atoms with E-state index in [2.05, 4.69) is 5.32 Å². The van der Waals surface area contributed by atoms with Gasteiger partial charge in [0.05, 0.1) is 17.4 Å². The fourth-order valence-electron chi connectivity index (χ4n) is 3.97. The van der Waals surface area contributed by atoms with Crippen LogP contribution in [0.4, 0.5) is 5.00 Å². The fourth-order valence-corrected chi connectivity index (χ4v) is 5.14. The lowest BCUT2D eigenvalue weighted by molar-refractivity contribution is -0.151. The molecule has 0 saturated heterocycles. The Morgan fingerprint density at radius 3 is 2.40 bits per heavy atom. The fraction of sp³-hybridized carbons (Fsp3) is 0.500. The minimum atomic E-state index is -0.938. The molecule has 3 aliphatic rings. The predicted molar refractivity (Wildman–Crippen MR) is 95.4 cm³/mol. The molecule has 2 bridgehead atoms. The summed E-state index contributed by atoms with van der Waals surface area (Å²) < 4.78 is 0. The molecule has 134 valence electrons. The molecule has 1 heterocycles. The van der Waals surface area contributed by atoms with Gasteiger partial charge in [0.1, 0.15) is 5.00 Å². The molecule has 3 aliphatic carbocycles. The average molecular weight is 362 g/mol. The number of fused-ring (bicyclic) bond motifs is 2. The van der Waals surface area contributed by atoms with Crippen LogP contribution in [0.25, 0.3) is 0 Å². The first-order chi connectivity index (χ1) is 11.9. The zero-order valence-corrected chi connectivity index (χ0v) is 14.8. The molecular formula is C18H22N2O4S. The Bertz CT molecular complexity index is 739. The van der Waals surface area contributed by atoms with Crippen LogP contribution in [0.2, 0.25) is 0 Å². The van der Waals surface area contributed by atoms with E-state index in [9.17, 15) is 19.5 Å². The van der Waals surface area contributed by atoms with Crippen molar-refractivity contribution in [3.05, 3.63) is 28.7 Å². The number of anilines is 1. The van der Waals surface area contributed by atoms with Crippen molar-refractivity contribution in [2.75, 3.05) is 5.32 Å². The number of hydrogen-bond donors (Lipinski definition) is 3. The van der Waals surface area contributed by atoms with E-state index in [0.717, 1.165) is 30.6 Å². The molecular weight excluding hydrogens is 340 g/mol. The Morgan fingerprint density at radius 1 is 1.24 bits per heavy atom. The van der Waals surface area contributed by atoms with Crippen molar-refractivity contribution < 1.29 is 19.5 Å². The Balaban J connectivity index is 1.85. The lowest BCUT2D eigenvalue weighted by atomic mass is 9.62. The van der Waals surface area contributed by atoms with Gasteiger partial charge in [-0.2, -0.15) is 0 Å². The van der Waals surface area contributed by atoms with Crippen molar-refractivity contribution in [3.8, 4) is 0 Å². The summed E-state index contributed by atoms with van der Waals surface area (Å²) in [5, 5.41) is 12.8. The topological polar surface area (TPSA) is 109 Å². The van der Waals surface area contributed by atoms with Crippen LogP contribution in [0, 0.1) is 23.7 Å². The third kappa shape index (κ3) is 3.33. The summed E-state index contributed by atoms with van der Waals surface area (Å²) in [5.74, 6) is -3.36. The number of nitrogens with one attached hydrogen (secondary N) is 1. The second-order valence-corrected chi connectivity index (χ2v) is 7.88. The van der Waals surface area contributed by atoms with Gasteiger partial charge in [-0.05, 0) is 37.2 Å². The molecule has 1 aromatic rings. The van der Waals surface area contributed by atoms with Gasteiger partial charge < -0.3 is 16.2 Å². The summed E-state index contributed by atoms with van der Waals surface area (Å²) in [4.78, 5) is 37.2. The Labute approximate surface area is 150 Å². The minimum absolute atomic E-state index is 0.0711. The maximum atomic E-state index is 12.9. The van der Waals surface area contributed by atoms with Crippen molar-refractivity contribution in [2.24, 2.45) is 29.4 Å². The van der Waals surface area contributed by atoms with Crippen LogP contribution < -0.4 is 11.1 Å². The Kier molecular flexibility index (Phi) is 4.94. The highest BCUT2D eigenvalue weighted by Crippen LogP contribution is 2.45. The van der Waals surface area contributed by atoms with Gasteiger partial charge in [-0.1, -0.05) is 25.5 Å². The first kappa shape index (κ1) is 17.7. The second-order valence-electron chi connectivity index (χ2n) is 6.74. The van der Waals surface area contributed by atoms with Crippen LogP contribution in [-0.2, 0) is 16.0 Å². The van der Waals surface area contributed by atoms with Gasteiger partial charge >= 0.3 is 5.97 Å². The lowest BCUT2D eigenvalue weighted by Gasteiger charge is -2.41. The van der Waals surface area contributed by atoms with Crippen LogP contribution >= 0.6 is 11.3 Å². The molecule has 1 saturated carbocycles. The number of hydrogen-bond acceptors (Lipinski definition) is 4. The maximum Gasteiger partial charge on any atom is 0.307 e. The van der Waals surface area contributed by atoms with Gasteiger partial charge in [-0.25, -0.2) is 0 Å². The number of primary amides is 1. The average Bonchev–Trinajstić information content (AvgIpc) is 2.98. The largest absolute Gasteiger partial charge is 0.481 e. The van der Waals surface area contributed by atoms with Crippen molar-refractivity contribution in [1.29, 1.82) is 0 Å². The number of allylic oxidation sites excluding steroid dienone is 2. The lowest BCUT2D eigenvalue weighted by Crippen LogP contribution is -2.47. The number of aryl methyl sites for hydroxylation is 1. The quantitative estimate of drug-likeness (QED) is 0.676. The van der Waals surface area contributed by atoms with E-state index in [1.807, 2.05) is 19.1 Å². The highest BCUT2D eigenvalue weighted by atomic mass is 32.1. The van der Waals surface area contributed by atoms with Gasteiger partial charge in [0, 0.05) is 4.88 Å². The summed E-state index contributed by atoms with van der Waals surface area (Å²) in [6.07, 6.45) is 7.23. The molecule has 0 radical (unpaired) electrons. The second kappa shape index (κ2) is 7.00. The molecule has 6 nitrogen and oxygen atoms in total. The SMILES string of the molecule is CCCc1cc(C(N)=O)c(NC(=O)[C@H]2[C@@H](C(=O)O)[C@H]3C=C[C@H]2CC3)s1.